The summed E-state index contributed by atoms with van der Waals surface area (Å²) in [6, 6.07) is 10.0. The molecule has 2 aromatic rings. The zero-order chi connectivity index (χ0) is 11.4. The standard InChI is InChI=1S/C13H14N2O/c1-10(8-14)15-7-6-11-9-16-13-5-3-2-4-12(11)13/h2-5,9-10,15H,6-7H2,1H3. The third-order valence-corrected chi connectivity index (χ3v) is 2.60. The molecular formula is C13H14N2O. The Morgan fingerprint density at radius 3 is 3.06 bits per heavy atom. The van der Waals surface area contributed by atoms with Gasteiger partial charge in [0.2, 0.25) is 0 Å². The molecule has 1 aromatic heterocycles. The van der Waals surface area contributed by atoms with Gasteiger partial charge in [0.1, 0.15) is 5.58 Å². The number of nitriles is 1. The van der Waals surface area contributed by atoms with Gasteiger partial charge in [0.05, 0.1) is 18.4 Å². The third-order valence-electron chi connectivity index (χ3n) is 2.60. The maximum absolute atomic E-state index is 8.63. The Labute approximate surface area is 94.7 Å². The van der Waals surface area contributed by atoms with Gasteiger partial charge in [-0.15, -0.1) is 0 Å². The van der Waals surface area contributed by atoms with E-state index in [2.05, 4.69) is 17.5 Å². The highest BCUT2D eigenvalue weighted by molar-refractivity contribution is 5.80. The van der Waals surface area contributed by atoms with Crippen molar-refractivity contribution < 1.29 is 4.42 Å². The molecule has 1 N–H and O–H groups in total. The van der Waals surface area contributed by atoms with Crippen molar-refractivity contribution >= 4 is 11.0 Å². The molecule has 1 aromatic carbocycles. The predicted octanol–water partition coefficient (Wildman–Crippen LogP) is 2.48. The van der Waals surface area contributed by atoms with Gasteiger partial charge in [-0.25, -0.2) is 0 Å². The Hall–Kier alpha value is -1.79. The highest BCUT2D eigenvalue weighted by atomic mass is 16.3. The molecule has 16 heavy (non-hydrogen) atoms. The molecule has 0 radical (unpaired) electrons. The molecule has 0 saturated heterocycles. The zero-order valence-electron chi connectivity index (χ0n) is 9.23. The molecule has 2 rings (SSSR count). The molecule has 1 atom stereocenters. The van der Waals surface area contributed by atoms with Crippen LogP contribution in [0.4, 0.5) is 0 Å². The maximum Gasteiger partial charge on any atom is 0.134 e. The second-order valence-corrected chi connectivity index (χ2v) is 3.81. The topological polar surface area (TPSA) is 49.0 Å². The quantitative estimate of drug-likeness (QED) is 0.850. The maximum atomic E-state index is 8.63. The fraction of sp³-hybridized carbons (Fsp3) is 0.308. The second-order valence-electron chi connectivity index (χ2n) is 3.81. The second kappa shape index (κ2) is 4.82. The Kier molecular flexibility index (Phi) is 3.23. The Balaban J connectivity index is 2.02. The Bertz CT molecular complexity index is 510. The summed E-state index contributed by atoms with van der Waals surface area (Å²) >= 11 is 0. The number of rotatable bonds is 4. The van der Waals surface area contributed by atoms with Gasteiger partial charge in [0, 0.05) is 11.9 Å². The van der Waals surface area contributed by atoms with Crippen molar-refractivity contribution in [2.75, 3.05) is 6.54 Å². The van der Waals surface area contributed by atoms with Gasteiger partial charge in [-0.3, -0.25) is 0 Å². The first kappa shape index (κ1) is 10.7. The zero-order valence-corrected chi connectivity index (χ0v) is 9.23. The molecule has 3 nitrogen and oxygen atoms in total. The van der Waals surface area contributed by atoms with Crippen molar-refractivity contribution in [2.45, 2.75) is 19.4 Å². The monoisotopic (exact) mass is 214 g/mol. The molecule has 1 unspecified atom stereocenters. The highest BCUT2D eigenvalue weighted by Gasteiger charge is 2.05. The van der Waals surface area contributed by atoms with Gasteiger partial charge in [0.15, 0.2) is 0 Å². The first-order chi connectivity index (χ1) is 7.81. The Morgan fingerprint density at radius 2 is 2.25 bits per heavy atom. The van der Waals surface area contributed by atoms with Crippen molar-refractivity contribution in [3.05, 3.63) is 36.1 Å². The molecule has 0 spiro atoms. The fourth-order valence-electron chi connectivity index (χ4n) is 1.70. The number of nitrogens with zero attached hydrogens (tertiary/aromatic N) is 1. The number of furan rings is 1. The first-order valence-corrected chi connectivity index (χ1v) is 5.39. The molecule has 0 aliphatic carbocycles. The summed E-state index contributed by atoms with van der Waals surface area (Å²) in [7, 11) is 0. The minimum atomic E-state index is -0.0989. The summed E-state index contributed by atoms with van der Waals surface area (Å²) in [5.74, 6) is 0. The van der Waals surface area contributed by atoms with Crippen LogP contribution in [0.2, 0.25) is 0 Å². The van der Waals surface area contributed by atoms with E-state index in [9.17, 15) is 0 Å². The van der Waals surface area contributed by atoms with Crippen LogP contribution in [0.5, 0.6) is 0 Å². The van der Waals surface area contributed by atoms with Gasteiger partial charge < -0.3 is 9.73 Å². The highest BCUT2D eigenvalue weighted by Crippen LogP contribution is 2.20. The molecule has 0 fully saturated rings. The largest absolute Gasteiger partial charge is 0.464 e. The number of benzene rings is 1. The molecule has 0 aliphatic heterocycles. The molecule has 82 valence electrons. The van der Waals surface area contributed by atoms with Gasteiger partial charge >= 0.3 is 0 Å². The summed E-state index contributed by atoms with van der Waals surface area (Å²) in [5.41, 5.74) is 2.11. The molecule has 0 amide bonds. The minimum absolute atomic E-state index is 0.0989. The van der Waals surface area contributed by atoms with Gasteiger partial charge in [-0.1, -0.05) is 18.2 Å². The number of para-hydroxylation sites is 1. The van der Waals surface area contributed by atoms with Crippen LogP contribution in [0, 0.1) is 11.3 Å². The molecular weight excluding hydrogens is 200 g/mol. The van der Waals surface area contributed by atoms with Crippen molar-refractivity contribution in [1.82, 2.24) is 5.32 Å². The van der Waals surface area contributed by atoms with Crippen LogP contribution in [0.25, 0.3) is 11.0 Å². The summed E-state index contributed by atoms with van der Waals surface area (Å²) in [5, 5.41) is 12.9. The van der Waals surface area contributed by atoms with Crippen LogP contribution in [0.3, 0.4) is 0 Å². The lowest BCUT2D eigenvalue weighted by Gasteiger charge is -2.04. The molecule has 0 saturated carbocycles. The van der Waals surface area contributed by atoms with Gasteiger partial charge in [-0.05, 0) is 25.0 Å². The van der Waals surface area contributed by atoms with E-state index in [4.69, 9.17) is 9.68 Å². The average molecular weight is 214 g/mol. The van der Waals surface area contributed by atoms with E-state index in [1.165, 1.54) is 5.56 Å². The normalized spacial score (nSPS) is 12.5. The summed E-state index contributed by atoms with van der Waals surface area (Å²) in [4.78, 5) is 0. The number of nitrogens with one attached hydrogen (secondary N) is 1. The number of fused-ring (bicyclic) bond motifs is 1. The lowest BCUT2D eigenvalue weighted by Crippen LogP contribution is -2.26. The predicted molar refractivity (Wildman–Crippen MR) is 63.0 cm³/mol. The lowest BCUT2D eigenvalue weighted by molar-refractivity contribution is 0.601. The third kappa shape index (κ3) is 2.23. The smallest absolute Gasteiger partial charge is 0.134 e. The van der Waals surface area contributed by atoms with E-state index in [1.54, 1.807) is 6.26 Å². The van der Waals surface area contributed by atoms with E-state index < -0.39 is 0 Å². The Morgan fingerprint density at radius 1 is 1.44 bits per heavy atom. The van der Waals surface area contributed by atoms with Crippen molar-refractivity contribution in [3.8, 4) is 6.07 Å². The molecule has 0 bridgehead atoms. The molecule has 3 heteroatoms. The van der Waals surface area contributed by atoms with E-state index in [-0.39, 0.29) is 6.04 Å². The van der Waals surface area contributed by atoms with Crippen LogP contribution < -0.4 is 5.32 Å². The van der Waals surface area contributed by atoms with Gasteiger partial charge in [0.25, 0.3) is 0 Å². The van der Waals surface area contributed by atoms with E-state index >= 15 is 0 Å². The van der Waals surface area contributed by atoms with Crippen molar-refractivity contribution in [3.63, 3.8) is 0 Å². The minimum Gasteiger partial charge on any atom is -0.464 e. The van der Waals surface area contributed by atoms with Crippen LogP contribution in [0.15, 0.2) is 34.9 Å². The van der Waals surface area contributed by atoms with E-state index in [0.29, 0.717) is 0 Å². The van der Waals surface area contributed by atoms with Crippen molar-refractivity contribution in [2.24, 2.45) is 0 Å². The van der Waals surface area contributed by atoms with E-state index in [1.807, 2.05) is 25.1 Å². The van der Waals surface area contributed by atoms with Crippen LogP contribution >= 0.6 is 0 Å². The van der Waals surface area contributed by atoms with E-state index in [0.717, 1.165) is 23.9 Å². The average Bonchev–Trinajstić information content (AvgIpc) is 2.73. The molecule has 0 aliphatic rings. The SMILES string of the molecule is CC(C#N)NCCc1coc2ccccc12. The summed E-state index contributed by atoms with van der Waals surface area (Å²) < 4.78 is 5.44. The first-order valence-electron chi connectivity index (χ1n) is 5.39. The van der Waals surface area contributed by atoms with Crippen molar-refractivity contribution in [1.29, 1.82) is 5.26 Å². The number of hydrogen-bond acceptors (Lipinski definition) is 3. The van der Waals surface area contributed by atoms with Crippen LogP contribution in [-0.4, -0.2) is 12.6 Å². The number of hydrogen-bond donors (Lipinski definition) is 1. The van der Waals surface area contributed by atoms with Gasteiger partial charge in [-0.2, -0.15) is 5.26 Å². The summed E-state index contributed by atoms with van der Waals surface area (Å²) in [6.45, 7) is 2.64. The van der Waals surface area contributed by atoms with Crippen LogP contribution in [0.1, 0.15) is 12.5 Å². The fourth-order valence-corrected chi connectivity index (χ4v) is 1.70. The summed E-state index contributed by atoms with van der Waals surface area (Å²) in [6.07, 6.45) is 2.67. The molecule has 1 heterocycles. The van der Waals surface area contributed by atoms with Crippen LogP contribution in [-0.2, 0) is 6.42 Å². The lowest BCUT2D eigenvalue weighted by atomic mass is 10.1.